The first kappa shape index (κ1) is 18.4. The maximum atomic E-state index is 12.4. The third-order valence-electron chi connectivity index (χ3n) is 2.22. The molecule has 0 aliphatic rings. The van der Waals surface area contributed by atoms with E-state index in [1.54, 1.807) is 0 Å². The second-order valence-corrected chi connectivity index (χ2v) is 6.67. The second-order valence-electron chi connectivity index (χ2n) is 3.87. The number of rotatable bonds is 3. The van der Waals surface area contributed by atoms with Gasteiger partial charge in [-0.15, -0.1) is 0 Å². The Labute approximate surface area is 138 Å². The maximum absolute atomic E-state index is 12.4. The van der Waals surface area contributed by atoms with Crippen LogP contribution in [0.25, 0.3) is 6.08 Å². The van der Waals surface area contributed by atoms with Gasteiger partial charge in [0.2, 0.25) is 9.70 Å². The van der Waals surface area contributed by atoms with E-state index in [-0.39, 0.29) is 0 Å². The molecule has 21 heavy (non-hydrogen) atoms. The van der Waals surface area contributed by atoms with E-state index in [0.717, 1.165) is 18.2 Å². The molecule has 1 atom stereocenters. The first-order valence-electron chi connectivity index (χ1n) is 5.37. The number of carbonyl (C=O) groups excluding carboxylic acids is 1. The number of hydrogen-bond acceptors (Lipinski definition) is 1. The number of hydrogen-bond donors (Lipinski definition) is 1. The summed E-state index contributed by atoms with van der Waals surface area (Å²) in [6.45, 7) is 0. The zero-order chi connectivity index (χ0) is 16.3. The molecular weight excluding hydrogens is 373 g/mol. The highest BCUT2D eigenvalue weighted by Gasteiger charge is 2.31. The van der Waals surface area contributed by atoms with E-state index < -0.39 is 26.9 Å². The van der Waals surface area contributed by atoms with Crippen molar-refractivity contribution in [1.29, 1.82) is 0 Å². The highest BCUT2D eigenvalue weighted by Crippen LogP contribution is 2.32. The summed E-state index contributed by atoms with van der Waals surface area (Å²) >= 11 is 22.0. The van der Waals surface area contributed by atoms with Crippen LogP contribution in [-0.4, -0.2) is 15.2 Å². The van der Waals surface area contributed by atoms with Crippen LogP contribution in [0, 0.1) is 0 Å². The van der Waals surface area contributed by atoms with E-state index >= 15 is 0 Å². The molecule has 1 N–H and O–H groups in total. The molecule has 0 saturated heterocycles. The van der Waals surface area contributed by atoms with Gasteiger partial charge in [-0.05, 0) is 23.8 Å². The summed E-state index contributed by atoms with van der Waals surface area (Å²) in [7, 11) is 0. The predicted octanol–water partition coefficient (Wildman–Crippen LogP) is 4.77. The van der Waals surface area contributed by atoms with Crippen molar-refractivity contribution in [3.63, 3.8) is 0 Å². The van der Waals surface area contributed by atoms with Crippen molar-refractivity contribution in [3.05, 3.63) is 41.5 Å². The third kappa shape index (κ3) is 6.34. The van der Waals surface area contributed by atoms with Crippen molar-refractivity contribution in [2.24, 2.45) is 0 Å². The fourth-order valence-electron chi connectivity index (χ4n) is 1.21. The predicted molar refractivity (Wildman–Crippen MR) is 78.6 cm³/mol. The molecule has 0 aromatic heterocycles. The van der Waals surface area contributed by atoms with Gasteiger partial charge in [-0.1, -0.05) is 58.5 Å². The Bertz CT molecular complexity index is 523. The number of halogens is 7. The molecule has 1 unspecified atom stereocenters. The van der Waals surface area contributed by atoms with E-state index in [1.807, 2.05) is 0 Å². The summed E-state index contributed by atoms with van der Waals surface area (Å²) in [5.74, 6) is -0.652. The van der Waals surface area contributed by atoms with Crippen LogP contribution < -0.4 is 5.32 Å². The topological polar surface area (TPSA) is 29.1 Å². The van der Waals surface area contributed by atoms with Crippen molar-refractivity contribution < 1.29 is 18.0 Å². The molecule has 1 aromatic carbocycles. The molecule has 116 valence electrons. The normalized spacial score (nSPS) is 14.2. The van der Waals surface area contributed by atoms with Crippen LogP contribution in [-0.2, 0) is 11.0 Å². The number of alkyl halides is 7. The first-order valence-corrected chi connectivity index (χ1v) is 6.94. The molecule has 0 spiro atoms. The van der Waals surface area contributed by atoms with Gasteiger partial charge >= 0.3 is 6.18 Å². The molecule has 2 nitrogen and oxygen atoms in total. The van der Waals surface area contributed by atoms with Crippen molar-refractivity contribution >= 4 is 58.4 Å². The zero-order valence-corrected chi connectivity index (χ0v) is 13.1. The molecule has 0 bridgehead atoms. The molecule has 0 fully saturated rings. The van der Waals surface area contributed by atoms with Gasteiger partial charge < -0.3 is 5.32 Å². The number of benzene rings is 1. The quantitative estimate of drug-likeness (QED) is 0.456. The molecule has 1 rings (SSSR count). The summed E-state index contributed by atoms with van der Waals surface area (Å²) in [6, 6.07) is 4.26. The minimum atomic E-state index is -4.41. The van der Waals surface area contributed by atoms with Crippen molar-refractivity contribution in [2.45, 2.75) is 15.5 Å². The van der Waals surface area contributed by atoms with E-state index in [9.17, 15) is 18.0 Å². The average molecular weight is 381 g/mol. The van der Waals surface area contributed by atoms with Crippen LogP contribution in [0.3, 0.4) is 0 Å². The fourth-order valence-corrected chi connectivity index (χ4v) is 1.48. The van der Waals surface area contributed by atoms with Gasteiger partial charge in [-0.3, -0.25) is 4.79 Å². The number of carbonyl (C=O) groups is 1. The lowest BCUT2D eigenvalue weighted by Crippen LogP contribution is -2.38. The molecule has 1 aromatic rings. The summed E-state index contributed by atoms with van der Waals surface area (Å²) < 4.78 is 35.2. The number of amides is 1. The molecule has 1 amide bonds. The smallest absolute Gasteiger partial charge is 0.333 e. The third-order valence-corrected chi connectivity index (χ3v) is 3.65. The largest absolute Gasteiger partial charge is 0.416 e. The zero-order valence-electron chi connectivity index (χ0n) is 10.1. The molecular formula is C12H8Cl4F3NO. The second kappa shape index (κ2) is 7.09. The van der Waals surface area contributed by atoms with E-state index in [0.29, 0.717) is 5.56 Å². The van der Waals surface area contributed by atoms with Crippen LogP contribution in [0.4, 0.5) is 13.2 Å². The minimum Gasteiger partial charge on any atom is -0.333 e. The number of nitrogens with one attached hydrogen (secondary N) is 1. The van der Waals surface area contributed by atoms with Gasteiger partial charge in [0.15, 0.2) is 5.50 Å². The van der Waals surface area contributed by atoms with Crippen LogP contribution in [0.15, 0.2) is 30.3 Å². The van der Waals surface area contributed by atoms with E-state index in [4.69, 9.17) is 46.4 Å². The lowest BCUT2D eigenvalue weighted by Gasteiger charge is -2.18. The standard InChI is InChI=1S/C12H8Cl4F3NO/c13-10(11(14,15)16)20-9(21)6-3-7-1-4-8(5-2-7)12(17,18)19/h1-6,10H,(H,20,21)/b6-3+. The Hall–Kier alpha value is -0.620. The Balaban J connectivity index is 2.67. The Morgan fingerprint density at radius 1 is 1.14 bits per heavy atom. The average Bonchev–Trinajstić information content (AvgIpc) is 2.34. The summed E-state index contributed by atoms with van der Waals surface area (Å²) in [4.78, 5) is 11.5. The highest BCUT2D eigenvalue weighted by atomic mass is 35.6. The molecule has 0 saturated carbocycles. The maximum Gasteiger partial charge on any atom is 0.416 e. The van der Waals surface area contributed by atoms with Crippen LogP contribution in [0.2, 0.25) is 0 Å². The van der Waals surface area contributed by atoms with Gasteiger partial charge in [0.1, 0.15) is 0 Å². The van der Waals surface area contributed by atoms with E-state index in [1.165, 1.54) is 18.2 Å². The van der Waals surface area contributed by atoms with Crippen LogP contribution in [0.5, 0.6) is 0 Å². The Morgan fingerprint density at radius 3 is 2.10 bits per heavy atom. The summed E-state index contributed by atoms with van der Waals surface area (Å²) in [5, 5.41) is 2.19. The van der Waals surface area contributed by atoms with Gasteiger partial charge in [0.05, 0.1) is 5.56 Å². The SMILES string of the molecule is O=C(/C=C/c1ccc(C(F)(F)F)cc1)NC(Cl)C(Cl)(Cl)Cl. The van der Waals surface area contributed by atoms with E-state index in [2.05, 4.69) is 5.32 Å². The lowest BCUT2D eigenvalue weighted by molar-refractivity contribution is -0.137. The van der Waals surface area contributed by atoms with Crippen LogP contribution in [0.1, 0.15) is 11.1 Å². The minimum absolute atomic E-state index is 0.401. The first-order chi connectivity index (χ1) is 9.50. The highest BCUT2D eigenvalue weighted by molar-refractivity contribution is 6.70. The van der Waals surface area contributed by atoms with Crippen LogP contribution >= 0.6 is 46.4 Å². The molecule has 9 heteroatoms. The lowest BCUT2D eigenvalue weighted by atomic mass is 10.1. The summed E-state index contributed by atoms with van der Waals surface area (Å²) in [6.07, 6.45) is -2.04. The van der Waals surface area contributed by atoms with Gasteiger partial charge in [-0.2, -0.15) is 13.2 Å². The van der Waals surface area contributed by atoms with Crippen molar-refractivity contribution in [2.75, 3.05) is 0 Å². The monoisotopic (exact) mass is 379 g/mol. The molecule has 0 aliphatic carbocycles. The van der Waals surface area contributed by atoms with Gasteiger partial charge in [0, 0.05) is 6.08 Å². The fraction of sp³-hybridized carbons (Fsp3) is 0.250. The Kier molecular flexibility index (Phi) is 6.23. The molecule has 0 radical (unpaired) electrons. The van der Waals surface area contributed by atoms with Gasteiger partial charge in [0.25, 0.3) is 0 Å². The Morgan fingerprint density at radius 2 is 1.67 bits per heavy atom. The van der Waals surface area contributed by atoms with Crippen molar-refractivity contribution in [3.8, 4) is 0 Å². The van der Waals surface area contributed by atoms with Crippen molar-refractivity contribution in [1.82, 2.24) is 5.32 Å². The molecule has 0 aliphatic heterocycles. The summed E-state index contributed by atoms with van der Waals surface area (Å²) in [5.41, 5.74) is -1.62. The molecule has 0 heterocycles. The van der Waals surface area contributed by atoms with Gasteiger partial charge in [-0.25, -0.2) is 0 Å².